The number of likely N-dealkylation sites (tertiary alicyclic amines) is 1. The van der Waals surface area contributed by atoms with Gasteiger partial charge in [-0.25, -0.2) is 0 Å². The lowest BCUT2D eigenvalue weighted by Crippen LogP contribution is -2.54. The molecule has 2 N–H and O–H groups in total. The van der Waals surface area contributed by atoms with Crippen molar-refractivity contribution in [3.63, 3.8) is 0 Å². The van der Waals surface area contributed by atoms with Crippen LogP contribution in [0.5, 0.6) is 0 Å². The van der Waals surface area contributed by atoms with Crippen LogP contribution >= 0.6 is 0 Å². The second kappa shape index (κ2) is 8.32. The van der Waals surface area contributed by atoms with Gasteiger partial charge in [0.25, 0.3) is 0 Å². The van der Waals surface area contributed by atoms with E-state index in [2.05, 4.69) is 25.7 Å². The second-order valence-corrected chi connectivity index (χ2v) is 6.73. The number of rotatable bonds is 7. The van der Waals surface area contributed by atoms with Crippen molar-refractivity contribution in [1.29, 1.82) is 0 Å². The second-order valence-electron chi connectivity index (χ2n) is 6.73. The molecule has 0 radical (unpaired) electrons. The third kappa shape index (κ3) is 4.69. The average molecular weight is 286 g/mol. The molecule has 2 unspecified atom stereocenters. The number of nitrogens with zero attached hydrogens (tertiary/aromatic N) is 1. The Balaban J connectivity index is 2.68. The van der Waals surface area contributed by atoms with Crippen LogP contribution in [0.25, 0.3) is 0 Å². The summed E-state index contributed by atoms with van der Waals surface area (Å²) < 4.78 is 10.7. The molecule has 2 atom stereocenters. The first-order valence-corrected chi connectivity index (χ1v) is 7.97. The van der Waals surface area contributed by atoms with E-state index < -0.39 is 0 Å². The van der Waals surface area contributed by atoms with Gasteiger partial charge in [-0.15, -0.1) is 0 Å². The van der Waals surface area contributed by atoms with Crippen molar-refractivity contribution in [2.75, 3.05) is 33.9 Å². The van der Waals surface area contributed by atoms with Crippen LogP contribution in [0.4, 0.5) is 0 Å². The molecule has 1 saturated heterocycles. The van der Waals surface area contributed by atoms with Gasteiger partial charge in [0.1, 0.15) is 0 Å². The highest BCUT2D eigenvalue weighted by Crippen LogP contribution is 2.30. The summed E-state index contributed by atoms with van der Waals surface area (Å²) in [5.74, 6) is 1.63. The first kappa shape index (κ1) is 17.9. The largest absolute Gasteiger partial charge is 0.356 e. The fraction of sp³-hybridized carbons (Fsp3) is 1.00. The maximum absolute atomic E-state index is 6.09. The Morgan fingerprint density at radius 2 is 1.85 bits per heavy atom. The van der Waals surface area contributed by atoms with E-state index >= 15 is 0 Å². The van der Waals surface area contributed by atoms with Crippen molar-refractivity contribution in [3.8, 4) is 0 Å². The van der Waals surface area contributed by atoms with E-state index in [-0.39, 0.29) is 11.8 Å². The van der Waals surface area contributed by atoms with Gasteiger partial charge in [0.15, 0.2) is 6.29 Å². The summed E-state index contributed by atoms with van der Waals surface area (Å²) in [5, 5.41) is 0. The zero-order valence-corrected chi connectivity index (χ0v) is 14.0. The summed E-state index contributed by atoms with van der Waals surface area (Å²) in [6.07, 6.45) is 4.53. The summed E-state index contributed by atoms with van der Waals surface area (Å²) in [5.41, 5.74) is 6.05. The average Bonchev–Trinajstić information content (AvgIpc) is 2.70. The number of nitrogens with two attached hydrogens (primary N) is 1. The van der Waals surface area contributed by atoms with Crippen molar-refractivity contribution in [3.05, 3.63) is 0 Å². The van der Waals surface area contributed by atoms with Gasteiger partial charge in [-0.3, -0.25) is 4.90 Å². The van der Waals surface area contributed by atoms with Gasteiger partial charge in [0.05, 0.1) is 0 Å². The highest BCUT2D eigenvalue weighted by atomic mass is 16.7. The molecule has 0 aliphatic carbocycles. The highest BCUT2D eigenvalue weighted by Gasteiger charge is 2.35. The Kier molecular flexibility index (Phi) is 7.45. The molecule has 0 bridgehead atoms. The normalized spacial score (nSPS) is 24.9. The lowest BCUT2D eigenvalue weighted by atomic mass is 9.89. The summed E-state index contributed by atoms with van der Waals surface area (Å²) >= 11 is 0. The predicted molar refractivity (Wildman–Crippen MR) is 83.6 cm³/mol. The van der Waals surface area contributed by atoms with Crippen LogP contribution in [-0.4, -0.2) is 50.6 Å². The van der Waals surface area contributed by atoms with Crippen LogP contribution in [0.15, 0.2) is 0 Å². The number of hydrogen-bond donors (Lipinski definition) is 1. The Morgan fingerprint density at radius 3 is 2.35 bits per heavy atom. The first-order valence-electron chi connectivity index (χ1n) is 7.97. The van der Waals surface area contributed by atoms with Crippen LogP contribution in [0.1, 0.15) is 46.5 Å². The van der Waals surface area contributed by atoms with Gasteiger partial charge in [-0.2, -0.15) is 0 Å². The molecule has 0 saturated carbocycles. The fourth-order valence-electron chi connectivity index (χ4n) is 3.29. The van der Waals surface area contributed by atoms with Gasteiger partial charge in [-0.05, 0) is 51.1 Å². The molecule has 0 aromatic rings. The van der Waals surface area contributed by atoms with E-state index in [4.69, 9.17) is 15.2 Å². The fourth-order valence-corrected chi connectivity index (χ4v) is 3.29. The van der Waals surface area contributed by atoms with Crippen LogP contribution in [0, 0.1) is 11.8 Å². The molecule has 120 valence electrons. The smallest absolute Gasteiger partial charge is 0.158 e. The van der Waals surface area contributed by atoms with Crippen molar-refractivity contribution in [2.24, 2.45) is 17.6 Å². The molecular formula is C16H34N2O2. The Labute approximate surface area is 125 Å². The molecule has 0 amide bonds. The van der Waals surface area contributed by atoms with Gasteiger partial charge in [-0.1, -0.05) is 13.8 Å². The quantitative estimate of drug-likeness (QED) is 0.730. The van der Waals surface area contributed by atoms with Crippen molar-refractivity contribution in [2.45, 2.75) is 58.3 Å². The minimum Gasteiger partial charge on any atom is -0.356 e. The molecule has 1 heterocycles. The summed E-state index contributed by atoms with van der Waals surface area (Å²) in [7, 11) is 3.39. The van der Waals surface area contributed by atoms with E-state index in [1.807, 2.05) is 0 Å². The Morgan fingerprint density at radius 1 is 1.20 bits per heavy atom. The minimum atomic E-state index is -0.173. The minimum absolute atomic E-state index is 0.0391. The van der Waals surface area contributed by atoms with Crippen LogP contribution in [0.2, 0.25) is 0 Å². The molecule has 1 aliphatic heterocycles. The molecule has 1 fully saturated rings. The Hall–Kier alpha value is -0.160. The molecule has 0 aromatic carbocycles. The van der Waals surface area contributed by atoms with E-state index in [9.17, 15) is 0 Å². The molecular weight excluding hydrogens is 252 g/mol. The van der Waals surface area contributed by atoms with E-state index in [0.717, 1.165) is 31.3 Å². The van der Waals surface area contributed by atoms with Gasteiger partial charge in [0.2, 0.25) is 0 Å². The van der Waals surface area contributed by atoms with Crippen molar-refractivity contribution >= 4 is 0 Å². The molecule has 0 spiro atoms. The molecule has 4 nitrogen and oxygen atoms in total. The zero-order chi connectivity index (χ0) is 15.2. The lowest BCUT2D eigenvalue weighted by Gasteiger charge is -2.41. The van der Waals surface area contributed by atoms with Gasteiger partial charge < -0.3 is 15.2 Å². The predicted octanol–water partition coefficient (Wildman–Crippen LogP) is 2.47. The molecule has 0 aromatic heterocycles. The third-order valence-corrected chi connectivity index (χ3v) is 5.05. The number of ether oxygens (including phenoxy) is 2. The standard InChI is InChI=1S/C16H34N2O2/c1-13(2)14-7-6-9-18(10-8-14)16(3,12-17)11-15(19-4)20-5/h13-15H,6-12,17H2,1-5H3. The maximum atomic E-state index is 6.09. The summed E-state index contributed by atoms with van der Waals surface area (Å²) in [6.45, 7) is 9.84. The van der Waals surface area contributed by atoms with Crippen molar-refractivity contribution in [1.82, 2.24) is 4.90 Å². The molecule has 20 heavy (non-hydrogen) atoms. The van der Waals surface area contributed by atoms with Gasteiger partial charge in [0, 0.05) is 32.7 Å². The third-order valence-electron chi connectivity index (χ3n) is 5.05. The van der Waals surface area contributed by atoms with Crippen molar-refractivity contribution < 1.29 is 9.47 Å². The van der Waals surface area contributed by atoms with Gasteiger partial charge >= 0.3 is 0 Å². The first-order chi connectivity index (χ1) is 9.46. The van der Waals surface area contributed by atoms with E-state index in [1.165, 1.54) is 19.3 Å². The Bertz CT molecular complexity index is 269. The van der Waals surface area contributed by atoms with Crippen LogP contribution in [-0.2, 0) is 9.47 Å². The lowest BCUT2D eigenvalue weighted by molar-refractivity contribution is -0.128. The van der Waals surface area contributed by atoms with Crippen LogP contribution < -0.4 is 5.73 Å². The van der Waals surface area contributed by atoms with E-state index in [1.54, 1.807) is 14.2 Å². The van der Waals surface area contributed by atoms with Crippen LogP contribution in [0.3, 0.4) is 0 Å². The maximum Gasteiger partial charge on any atom is 0.158 e. The zero-order valence-electron chi connectivity index (χ0n) is 14.0. The highest BCUT2D eigenvalue weighted by molar-refractivity contribution is 4.90. The molecule has 1 rings (SSSR count). The number of methoxy groups -OCH3 is 2. The topological polar surface area (TPSA) is 47.7 Å². The van der Waals surface area contributed by atoms with E-state index in [0.29, 0.717) is 6.54 Å². The molecule has 1 aliphatic rings. The summed E-state index contributed by atoms with van der Waals surface area (Å²) in [4.78, 5) is 2.56. The summed E-state index contributed by atoms with van der Waals surface area (Å²) in [6, 6.07) is 0. The molecule has 4 heteroatoms. The monoisotopic (exact) mass is 286 g/mol. The number of hydrogen-bond acceptors (Lipinski definition) is 4. The SMILES string of the molecule is COC(CC(C)(CN)N1CCCC(C(C)C)CC1)OC.